The number of anilines is 1. The van der Waals surface area contributed by atoms with Crippen molar-refractivity contribution in [1.29, 1.82) is 0 Å². The zero-order chi connectivity index (χ0) is 20.9. The van der Waals surface area contributed by atoms with E-state index in [0.717, 1.165) is 5.69 Å². The van der Waals surface area contributed by atoms with Gasteiger partial charge in [0.15, 0.2) is 0 Å². The number of rotatable bonds is 7. The van der Waals surface area contributed by atoms with Crippen molar-refractivity contribution in [2.24, 2.45) is 0 Å². The summed E-state index contributed by atoms with van der Waals surface area (Å²) in [4.78, 5) is 28.3. The number of hydrogen-bond acceptors (Lipinski definition) is 5. The second kappa shape index (κ2) is 9.15. The number of carbonyl (C=O) groups excluding carboxylic acids is 2. The van der Waals surface area contributed by atoms with Crippen molar-refractivity contribution in [1.82, 2.24) is 4.98 Å². The van der Waals surface area contributed by atoms with E-state index in [1.54, 1.807) is 33.8 Å². The standard InChI is InChI=1S/C21H27ClN2O4/c1-6-13-17(19(25)27-7-2)16(12-23-15-11-9-8-10-14(15)22)24-18(13)20(26)28-21(3,4)5/h8-11,23-24H,6-7,12H2,1-5H3. The molecule has 7 heteroatoms. The van der Waals surface area contributed by atoms with Crippen LogP contribution in [0.2, 0.25) is 5.02 Å². The Hall–Kier alpha value is -2.47. The first-order chi connectivity index (χ1) is 13.2. The van der Waals surface area contributed by atoms with Crippen LogP contribution in [0.15, 0.2) is 24.3 Å². The van der Waals surface area contributed by atoms with Gasteiger partial charge in [-0.25, -0.2) is 9.59 Å². The first kappa shape index (κ1) is 21.8. The lowest BCUT2D eigenvalue weighted by Gasteiger charge is -2.19. The second-order valence-electron chi connectivity index (χ2n) is 7.24. The number of para-hydroxylation sites is 1. The minimum absolute atomic E-state index is 0.242. The Bertz CT molecular complexity index is 853. The molecule has 1 aromatic heterocycles. The van der Waals surface area contributed by atoms with Crippen molar-refractivity contribution in [2.45, 2.75) is 53.2 Å². The average Bonchev–Trinajstić information content (AvgIpc) is 2.98. The van der Waals surface area contributed by atoms with Crippen molar-refractivity contribution in [2.75, 3.05) is 11.9 Å². The summed E-state index contributed by atoms with van der Waals surface area (Å²) in [5.41, 5.74) is 1.86. The largest absolute Gasteiger partial charge is 0.462 e. The Morgan fingerprint density at radius 1 is 1.14 bits per heavy atom. The molecule has 1 heterocycles. The molecule has 0 fully saturated rings. The van der Waals surface area contributed by atoms with Crippen LogP contribution in [0.25, 0.3) is 0 Å². The lowest BCUT2D eigenvalue weighted by atomic mass is 10.1. The minimum atomic E-state index is -0.646. The predicted molar refractivity (Wildman–Crippen MR) is 110 cm³/mol. The van der Waals surface area contributed by atoms with Crippen LogP contribution in [-0.2, 0) is 22.4 Å². The predicted octanol–water partition coefficient (Wildman–Crippen LogP) is 4.97. The Morgan fingerprint density at radius 2 is 1.82 bits per heavy atom. The third kappa shape index (κ3) is 5.29. The summed E-state index contributed by atoms with van der Waals surface area (Å²) in [6.07, 6.45) is 0.477. The normalized spacial score (nSPS) is 11.2. The molecule has 1 aromatic carbocycles. The summed E-state index contributed by atoms with van der Waals surface area (Å²) in [5.74, 6) is -0.972. The maximum Gasteiger partial charge on any atom is 0.355 e. The van der Waals surface area contributed by atoms with Gasteiger partial charge in [-0.3, -0.25) is 0 Å². The molecule has 0 saturated heterocycles. The van der Waals surface area contributed by atoms with Gasteiger partial charge in [-0.1, -0.05) is 30.7 Å². The van der Waals surface area contributed by atoms with Crippen molar-refractivity contribution in [3.8, 4) is 0 Å². The van der Waals surface area contributed by atoms with E-state index in [4.69, 9.17) is 21.1 Å². The third-order valence-corrected chi connectivity index (χ3v) is 4.28. The Kier molecular flexibility index (Phi) is 7.13. The van der Waals surface area contributed by atoms with Crippen LogP contribution in [0.1, 0.15) is 66.7 Å². The van der Waals surface area contributed by atoms with Gasteiger partial charge < -0.3 is 19.8 Å². The fourth-order valence-corrected chi connectivity index (χ4v) is 3.03. The van der Waals surface area contributed by atoms with Crippen molar-refractivity contribution in [3.05, 3.63) is 51.8 Å². The number of carbonyl (C=O) groups is 2. The van der Waals surface area contributed by atoms with Gasteiger partial charge >= 0.3 is 11.9 Å². The lowest BCUT2D eigenvalue weighted by Crippen LogP contribution is -2.24. The molecule has 2 N–H and O–H groups in total. The van der Waals surface area contributed by atoms with E-state index < -0.39 is 17.5 Å². The SMILES string of the molecule is CCOC(=O)c1c(CNc2ccccc2Cl)[nH]c(C(=O)OC(C)(C)C)c1CC. The first-order valence-corrected chi connectivity index (χ1v) is 9.68. The highest BCUT2D eigenvalue weighted by atomic mass is 35.5. The van der Waals surface area contributed by atoms with Crippen LogP contribution < -0.4 is 5.32 Å². The molecule has 0 spiro atoms. The zero-order valence-corrected chi connectivity index (χ0v) is 17.7. The number of halogens is 1. The molecule has 0 unspecified atom stereocenters. The van der Waals surface area contributed by atoms with Crippen molar-refractivity contribution >= 4 is 29.2 Å². The van der Waals surface area contributed by atoms with Crippen LogP contribution in [0.5, 0.6) is 0 Å². The first-order valence-electron chi connectivity index (χ1n) is 9.30. The van der Waals surface area contributed by atoms with Gasteiger partial charge in [-0.05, 0) is 51.8 Å². The van der Waals surface area contributed by atoms with Gasteiger partial charge in [-0.2, -0.15) is 0 Å². The molecule has 0 bridgehead atoms. The number of H-pyrrole nitrogens is 1. The molecule has 2 rings (SSSR count). The topological polar surface area (TPSA) is 80.4 Å². The molecule has 6 nitrogen and oxygen atoms in total. The van der Waals surface area contributed by atoms with E-state index in [0.29, 0.717) is 28.3 Å². The van der Waals surface area contributed by atoms with Crippen LogP contribution in [0, 0.1) is 0 Å². The molecule has 0 aliphatic rings. The number of aromatic nitrogens is 1. The molecule has 0 aliphatic carbocycles. The van der Waals surface area contributed by atoms with Crippen LogP contribution >= 0.6 is 11.6 Å². The van der Waals surface area contributed by atoms with Gasteiger partial charge in [0, 0.05) is 5.69 Å². The third-order valence-electron chi connectivity index (χ3n) is 3.95. The molecular formula is C21H27ClN2O4. The second-order valence-corrected chi connectivity index (χ2v) is 7.65. The summed E-state index contributed by atoms with van der Waals surface area (Å²) in [7, 11) is 0. The summed E-state index contributed by atoms with van der Waals surface area (Å²) in [5, 5.41) is 3.76. The van der Waals surface area contributed by atoms with E-state index in [9.17, 15) is 9.59 Å². The molecule has 0 radical (unpaired) electrons. The molecule has 0 atom stereocenters. The number of ether oxygens (including phenoxy) is 2. The van der Waals surface area contributed by atoms with Crippen LogP contribution in [0.4, 0.5) is 5.69 Å². The number of esters is 2. The summed E-state index contributed by atoms with van der Waals surface area (Å²) >= 11 is 6.19. The van der Waals surface area contributed by atoms with Crippen LogP contribution in [-0.4, -0.2) is 29.1 Å². The summed E-state index contributed by atoms with van der Waals surface area (Å²) in [6, 6.07) is 7.31. The van der Waals surface area contributed by atoms with Gasteiger partial charge in [0.2, 0.25) is 0 Å². The van der Waals surface area contributed by atoms with Gasteiger partial charge in [-0.15, -0.1) is 0 Å². The highest BCUT2D eigenvalue weighted by Gasteiger charge is 2.29. The van der Waals surface area contributed by atoms with E-state index >= 15 is 0 Å². The molecule has 2 aromatic rings. The molecule has 0 amide bonds. The van der Waals surface area contributed by atoms with Crippen molar-refractivity contribution < 1.29 is 19.1 Å². The maximum atomic E-state index is 12.7. The lowest BCUT2D eigenvalue weighted by molar-refractivity contribution is 0.00622. The van der Waals surface area contributed by atoms with Gasteiger partial charge in [0.1, 0.15) is 11.3 Å². The molecule has 152 valence electrons. The molecule has 0 aliphatic heterocycles. The highest BCUT2D eigenvalue weighted by molar-refractivity contribution is 6.33. The highest BCUT2D eigenvalue weighted by Crippen LogP contribution is 2.26. The van der Waals surface area contributed by atoms with E-state index in [-0.39, 0.29) is 18.8 Å². The number of hydrogen-bond donors (Lipinski definition) is 2. The van der Waals surface area contributed by atoms with Crippen LogP contribution in [0.3, 0.4) is 0 Å². The Labute approximate surface area is 170 Å². The van der Waals surface area contributed by atoms with E-state index in [1.807, 2.05) is 25.1 Å². The van der Waals surface area contributed by atoms with Gasteiger partial charge in [0.25, 0.3) is 0 Å². The summed E-state index contributed by atoms with van der Waals surface area (Å²) in [6.45, 7) is 9.53. The number of benzene rings is 1. The fraction of sp³-hybridized carbons (Fsp3) is 0.429. The molecule has 28 heavy (non-hydrogen) atoms. The van der Waals surface area contributed by atoms with E-state index in [2.05, 4.69) is 10.3 Å². The smallest absolute Gasteiger partial charge is 0.355 e. The quantitative estimate of drug-likeness (QED) is 0.634. The monoisotopic (exact) mass is 406 g/mol. The summed E-state index contributed by atoms with van der Waals surface area (Å²) < 4.78 is 10.7. The number of aromatic amines is 1. The van der Waals surface area contributed by atoms with Crippen molar-refractivity contribution in [3.63, 3.8) is 0 Å². The molecule has 0 saturated carbocycles. The maximum absolute atomic E-state index is 12.7. The molecular weight excluding hydrogens is 380 g/mol. The average molecular weight is 407 g/mol. The van der Waals surface area contributed by atoms with E-state index in [1.165, 1.54) is 0 Å². The Morgan fingerprint density at radius 3 is 2.39 bits per heavy atom. The number of nitrogens with one attached hydrogen (secondary N) is 2. The fourth-order valence-electron chi connectivity index (χ4n) is 2.82. The van der Waals surface area contributed by atoms with Gasteiger partial charge in [0.05, 0.1) is 29.4 Å². The zero-order valence-electron chi connectivity index (χ0n) is 16.9. The minimum Gasteiger partial charge on any atom is -0.462 e. The Balaban J connectivity index is 2.43.